The van der Waals surface area contributed by atoms with Crippen LogP contribution in [-0.2, 0) is 9.63 Å². The van der Waals surface area contributed by atoms with E-state index in [9.17, 15) is 4.79 Å². The molecular formula is C23H31N3O4. The Morgan fingerprint density at radius 1 is 1.33 bits per heavy atom. The Hall–Kier alpha value is -2.67. The molecule has 1 fully saturated rings. The van der Waals surface area contributed by atoms with Crippen LogP contribution in [0.15, 0.2) is 33.4 Å². The van der Waals surface area contributed by atoms with Crippen LogP contribution in [0.5, 0.6) is 0 Å². The molecule has 0 spiro atoms. The average molecular weight is 414 g/mol. The summed E-state index contributed by atoms with van der Waals surface area (Å²) in [6.45, 7) is 5.99. The number of unbranched alkanes of at least 4 members (excludes halogenated alkanes) is 1. The van der Waals surface area contributed by atoms with E-state index in [0.717, 1.165) is 66.9 Å². The molecular weight excluding hydrogens is 382 g/mol. The molecule has 1 saturated heterocycles. The number of carboxylic acid groups (broad SMARTS) is 1. The third-order valence-electron chi connectivity index (χ3n) is 5.14. The summed E-state index contributed by atoms with van der Waals surface area (Å²) in [4.78, 5) is 25.5. The zero-order valence-corrected chi connectivity index (χ0v) is 17.8. The molecule has 7 heteroatoms. The second-order valence-electron chi connectivity index (χ2n) is 7.80. The van der Waals surface area contributed by atoms with Gasteiger partial charge < -0.3 is 14.4 Å². The van der Waals surface area contributed by atoms with E-state index in [1.54, 1.807) is 0 Å². The van der Waals surface area contributed by atoms with Gasteiger partial charge in [0.1, 0.15) is 11.1 Å². The molecule has 0 aromatic carbocycles. The highest BCUT2D eigenvalue weighted by molar-refractivity contribution is 5.81. The smallest absolute Gasteiger partial charge is 0.303 e. The SMILES string of the molecule is C/C(=C\C/N=C(\C)CCCCC(=O)O)ON1CC(c2nc3/c(o2)=C\CC/C=C\C=3)C1. The van der Waals surface area contributed by atoms with E-state index in [4.69, 9.17) is 14.4 Å². The molecule has 0 radical (unpaired) electrons. The molecule has 0 amide bonds. The number of rotatable bonds is 10. The van der Waals surface area contributed by atoms with Gasteiger partial charge >= 0.3 is 5.97 Å². The van der Waals surface area contributed by atoms with E-state index in [-0.39, 0.29) is 12.3 Å². The summed E-state index contributed by atoms with van der Waals surface area (Å²) >= 11 is 0. The van der Waals surface area contributed by atoms with E-state index in [0.29, 0.717) is 13.0 Å². The lowest BCUT2D eigenvalue weighted by molar-refractivity contribution is -0.174. The number of aromatic nitrogens is 1. The van der Waals surface area contributed by atoms with Crippen molar-refractivity contribution in [3.8, 4) is 0 Å². The first-order valence-electron chi connectivity index (χ1n) is 10.7. The Morgan fingerprint density at radius 2 is 2.13 bits per heavy atom. The summed E-state index contributed by atoms with van der Waals surface area (Å²) < 4.78 is 5.96. The maximum absolute atomic E-state index is 10.5. The summed E-state index contributed by atoms with van der Waals surface area (Å²) in [6.07, 6.45) is 14.9. The maximum atomic E-state index is 10.5. The third kappa shape index (κ3) is 6.69. The number of nitrogens with zero attached hydrogens (tertiary/aromatic N) is 3. The first kappa shape index (κ1) is 22.0. The lowest BCUT2D eigenvalue weighted by atomic mass is 10.0. The van der Waals surface area contributed by atoms with Crippen LogP contribution in [0.4, 0.5) is 0 Å². The summed E-state index contributed by atoms with van der Waals surface area (Å²) in [5.41, 5.74) is 1.91. The van der Waals surface area contributed by atoms with Crippen LogP contribution in [0, 0.1) is 0 Å². The van der Waals surface area contributed by atoms with Crippen molar-refractivity contribution in [1.29, 1.82) is 0 Å². The fraction of sp³-hybridized carbons (Fsp3) is 0.522. The number of fused-ring (bicyclic) bond motifs is 1. The second-order valence-corrected chi connectivity index (χ2v) is 7.80. The zero-order valence-electron chi connectivity index (χ0n) is 17.8. The van der Waals surface area contributed by atoms with Crippen molar-refractivity contribution in [1.82, 2.24) is 10.0 Å². The number of aliphatic carboxylic acids is 1. The first-order chi connectivity index (χ1) is 14.5. The standard InChI is InChI=1S/C23H31N3O4/c1-17(9-7-8-12-22(27)28)24-14-13-18(2)30-26-15-19(16-26)23-25-20-10-5-3-4-6-11-21(20)29-23/h3,5,10-11,13,19H,4,6-9,12,14-16H2,1-2H3,(H,27,28)/b5-3-,18-13+,20-10+,21-11+,24-17+. The Balaban J connectivity index is 1.40. The van der Waals surface area contributed by atoms with Crippen molar-refractivity contribution in [2.24, 2.45) is 4.99 Å². The van der Waals surface area contributed by atoms with Gasteiger partial charge in [0.2, 0.25) is 5.89 Å². The molecule has 7 nitrogen and oxygen atoms in total. The molecule has 1 aromatic heterocycles. The van der Waals surface area contributed by atoms with Crippen LogP contribution in [0.3, 0.4) is 0 Å². The van der Waals surface area contributed by atoms with Crippen LogP contribution in [0.25, 0.3) is 12.2 Å². The molecule has 162 valence electrons. The van der Waals surface area contributed by atoms with Crippen LogP contribution in [-0.4, -0.2) is 46.5 Å². The van der Waals surface area contributed by atoms with Crippen LogP contribution in [0.2, 0.25) is 0 Å². The summed E-state index contributed by atoms with van der Waals surface area (Å²) in [6, 6.07) is 0. The summed E-state index contributed by atoms with van der Waals surface area (Å²) in [7, 11) is 0. The van der Waals surface area contributed by atoms with E-state index in [1.807, 2.05) is 37.1 Å². The number of carbonyl (C=O) groups is 1. The average Bonchev–Trinajstić information content (AvgIpc) is 3.02. The van der Waals surface area contributed by atoms with Crippen LogP contribution in [0.1, 0.15) is 64.2 Å². The minimum Gasteiger partial charge on any atom is -0.481 e. The van der Waals surface area contributed by atoms with E-state index >= 15 is 0 Å². The predicted molar refractivity (Wildman–Crippen MR) is 116 cm³/mol. The van der Waals surface area contributed by atoms with E-state index in [1.165, 1.54) is 0 Å². The molecule has 2 aliphatic rings. The number of oxazole rings is 1. The van der Waals surface area contributed by atoms with Gasteiger partial charge in [-0.15, -0.1) is 5.06 Å². The molecule has 3 rings (SSSR count). The number of aliphatic imine (C=N–C) groups is 1. The number of hydroxylamine groups is 2. The van der Waals surface area contributed by atoms with Crippen molar-refractivity contribution < 1.29 is 19.2 Å². The second kappa shape index (κ2) is 10.9. The number of hydrogen-bond acceptors (Lipinski definition) is 6. The molecule has 0 unspecified atom stereocenters. The van der Waals surface area contributed by atoms with Gasteiger partial charge in [0.05, 0.1) is 12.5 Å². The monoisotopic (exact) mass is 413 g/mol. The lowest BCUT2D eigenvalue weighted by Crippen LogP contribution is -2.44. The zero-order chi connectivity index (χ0) is 21.3. The molecule has 1 aliphatic carbocycles. The largest absolute Gasteiger partial charge is 0.481 e. The molecule has 1 aliphatic heterocycles. The van der Waals surface area contributed by atoms with Gasteiger partial charge in [0, 0.05) is 25.2 Å². The van der Waals surface area contributed by atoms with Gasteiger partial charge in [0.25, 0.3) is 0 Å². The van der Waals surface area contributed by atoms with E-state index in [2.05, 4.69) is 22.1 Å². The fourth-order valence-electron chi connectivity index (χ4n) is 3.34. The quantitative estimate of drug-likeness (QED) is 0.360. The molecule has 1 N–H and O–H groups in total. The topological polar surface area (TPSA) is 88.2 Å². The Labute approximate surface area is 177 Å². The highest BCUT2D eigenvalue weighted by Gasteiger charge is 2.33. The van der Waals surface area contributed by atoms with Crippen molar-refractivity contribution in [2.75, 3.05) is 19.6 Å². The number of allylic oxidation sites excluding steroid dienone is 3. The predicted octanol–water partition coefficient (Wildman–Crippen LogP) is 2.93. The lowest BCUT2D eigenvalue weighted by Gasteiger charge is -2.36. The van der Waals surface area contributed by atoms with Crippen molar-refractivity contribution in [3.05, 3.63) is 40.6 Å². The Kier molecular flexibility index (Phi) is 8.02. The number of hydrogen-bond donors (Lipinski definition) is 1. The highest BCUT2D eigenvalue weighted by atomic mass is 16.7. The fourth-order valence-corrected chi connectivity index (χ4v) is 3.34. The first-order valence-corrected chi connectivity index (χ1v) is 10.7. The highest BCUT2D eigenvalue weighted by Crippen LogP contribution is 2.25. The van der Waals surface area contributed by atoms with Crippen molar-refractivity contribution in [3.63, 3.8) is 0 Å². The molecule has 1 aromatic rings. The Bertz CT molecular complexity index is 936. The third-order valence-corrected chi connectivity index (χ3v) is 5.14. The number of carboxylic acids is 1. The molecule has 30 heavy (non-hydrogen) atoms. The molecule has 0 saturated carbocycles. The van der Waals surface area contributed by atoms with Gasteiger partial charge in [0.15, 0.2) is 5.42 Å². The summed E-state index contributed by atoms with van der Waals surface area (Å²) in [5.74, 6) is 1.12. The van der Waals surface area contributed by atoms with Gasteiger partial charge in [-0.3, -0.25) is 9.79 Å². The van der Waals surface area contributed by atoms with E-state index < -0.39 is 5.97 Å². The van der Waals surface area contributed by atoms with Crippen LogP contribution >= 0.6 is 0 Å². The molecule has 2 heterocycles. The molecule has 0 atom stereocenters. The van der Waals surface area contributed by atoms with Gasteiger partial charge in [-0.25, -0.2) is 4.98 Å². The minimum atomic E-state index is -0.740. The maximum Gasteiger partial charge on any atom is 0.303 e. The van der Waals surface area contributed by atoms with Gasteiger partial charge in [-0.05, 0) is 64.2 Å². The Morgan fingerprint density at radius 3 is 2.93 bits per heavy atom. The van der Waals surface area contributed by atoms with Crippen molar-refractivity contribution in [2.45, 2.75) is 58.3 Å². The minimum absolute atomic E-state index is 0.223. The van der Waals surface area contributed by atoms with Crippen molar-refractivity contribution >= 4 is 23.8 Å². The molecule has 0 bridgehead atoms. The summed E-state index contributed by atoms with van der Waals surface area (Å²) in [5, 5.41) is 11.5. The van der Waals surface area contributed by atoms with Gasteiger partial charge in [-0.1, -0.05) is 12.2 Å². The normalized spacial score (nSPS) is 21.3. The van der Waals surface area contributed by atoms with Crippen LogP contribution < -0.4 is 10.8 Å². The van der Waals surface area contributed by atoms with Gasteiger partial charge in [-0.2, -0.15) is 0 Å².